The molecule has 3 rings (SSSR count). The van der Waals surface area contributed by atoms with Gasteiger partial charge in [0.15, 0.2) is 0 Å². The smallest absolute Gasteiger partial charge is 0.142 e. The average molecular weight is 179 g/mol. The quantitative estimate of drug-likeness (QED) is 0.563. The Bertz CT molecular complexity index is 366. The fraction of sp³-hybridized carbons (Fsp3) is 0.400. The molecule has 0 spiro atoms. The topological polar surface area (TPSA) is 15.8 Å². The highest BCUT2D eigenvalue weighted by atomic mass is 19.1. The Morgan fingerprint density at radius 3 is 3.23 bits per heavy atom. The zero-order valence-corrected chi connectivity index (χ0v) is 7.33. The van der Waals surface area contributed by atoms with Crippen molar-refractivity contribution in [3.63, 3.8) is 0 Å². The van der Waals surface area contributed by atoms with E-state index < -0.39 is 0 Å². The van der Waals surface area contributed by atoms with Gasteiger partial charge in [-0.15, -0.1) is 0 Å². The van der Waals surface area contributed by atoms with Gasteiger partial charge < -0.3 is 4.74 Å². The maximum atomic E-state index is 12.9. The predicted molar refractivity (Wildman–Crippen MR) is 45.5 cm³/mol. The third-order valence-electron chi connectivity index (χ3n) is 2.74. The number of hydrogen-bond donors (Lipinski definition) is 0. The number of rotatable bonds is 0. The van der Waals surface area contributed by atoms with Crippen LogP contribution in [-0.4, -0.2) is 18.2 Å². The third-order valence-corrected chi connectivity index (χ3v) is 2.74. The van der Waals surface area contributed by atoms with Crippen LogP contribution in [0, 0.1) is 5.82 Å². The maximum absolute atomic E-state index is 12.9. The van der Waals surface area contributed by atoms with Gasteiger partial charge in [0.2, 0.25) is 0 Å². The summed E-state index contributed by atoms with van der Waals surface area (Å²) in [5.74, 6) is -0.169. The summed E-state index contributed by atoms with van der Waals surface area (Å²) in [4.78, 5) is 2.14. The van der Waals surface area contributed by atoms with Crippen molar-refractivity contribution in [2.45, 2.75) is 18.9 Å². The van der Waals surface area contributed by atoms with Gasteiger partial charge in [-0.1, -0.05) is 6.07 Å². The van der Waals surface area contributed by atoms with Gasteiger partial charge in [0.1, 0.15) is 18.1 Å². The van der Waals surface area contributed by atoms with Crippen molar-refractivity contribution < 1.29 is 9.13 Å². The second-order valence-corrected chi connectivity index (χ2v) is 3.71. The minimum atomic E-state index is -0.169. The van der Waals surface area contributed by atoms with E-state index in [1.807, 2.05) is 13.1 Å². The molecular formula is C10H10FNO. The van der Waals surface area contributed by atoms with Gasteiger partial charge in [0.05, 0.1) is 0 Å². The van der Waals surface area contributed by atoms with Gasteiger partial charge in [0.25, 0.3) is 0 Å². The number of ether oxygens (including phenoxy) is 1. The zero-order valence-electron chi connectivity index (χ0n) is 7.33. The summed E-state index contributed by atoms with van der Waals surface area (Å²) in [5, 5.41) is 0. The average Bonchev–Trinajstić information content (AvgIpc) is 2.86. The summed E-state index contributed by atoms with van der Waals surface area (Å²) in [5.41, 5.74) is 2.21. The zero-order chi connectivity index (χ0) is 9.00. The molecular weight excluding hydrogens is 169 g/mol. The van der Waals surface area contributed by atoms with E-state index in [1.54, 1.807) is 6.07 Å². The van der Waals surface area contributed by atoms with E-state index >= 15 is 0 Å². The molecule has 1 aromatic carbocycles. The molecule has 2 aliphatic rings. The molecule has 2 heterocycles. The van der Waals surface area contributed by atoms with Crippen LogP contribution < -0.4 is 0 Å². The minimum Gasteiger partial charge on any atom is -0.348 e. The van der Waals surface area contributed by atoms with Crippen LogP contribution in [0.2, 0.25) is 0 Å². The molecule has 2 atom stereocenters. The Balaban J connectivity index is 2.10. The molecule has 1 aromatic rings. The fourth-order valence-corrected chi connectivity index (χ4v) is 2.00. The summed E-state index contributed by atoms with van der Waals surface area (Å²) in [6, 6.07) is 4.95. The Morgan fingerprint density at radius 2 is 2.38 bits per heavy atom. The van der Waals surface area contributed by atoms with Crippen LogP contribution in [0.25, 0.3) is 0 Å². The van der Waals surface area contributed by atoms with Crippen molar-refractivity contribution in [1.82, 2.24) is 4.90 Å². The Hall–Kier alpha value is -0.930. The fourth-order valence-electron chi connectivity index (χ4n) is 2.00. The van der Waals surface area contributed by atoms with Crippen LogP contribution in [0.1, 0.15) is 17.2 Å². The van der Waals surface area contributed by atoms with E-state index in [9.17, 15) is 4.39 Å². The molecule has 2 aliphatic heterocycles. The first-order chi connectivity index (χ1) is 6.25. The molecule has 0 saturated carbocycles. The van der Waals surface area contributed by atoms with Crippen LogP contribution in [-0.2, 0) is 11.3 Å². The first-order valence-corrected chi connectivity index (χ1v) is 4.40. The second kappa shape index (κ2) is 2.30. The van der Waals surface area contributed by atoms with Crippen molar-refractivity contribution in [2.75, 3.05) is 7.05 Å². The molecule has 0 amide bonds. The van der Waals surface area contributed by atoms with Crippen molar-refractivity contribution in [2.24, 2.45) is 0 Å². The van der Waals surface area contributed by atoms with Crippen molar-refractivity contribution in [3.8, 4) is 0 Å². The van der Waals surface area contributed by atoms with Gasteiger partial charge in [-0.3, -0.25) is 4.90 Å². The van der Waals surface area contributed by atoms with Gasteiger partial charge in [-0.05, 0) is 30.3 Å². The highest BCUT2D eigenvalue weighted by Crippen LogP contribution is 2.46. The number of benzene rings is 1. The van der Waals surface area contributed by atoms with Crippen LogP contribution in [0.15, 0.2) is 18.2 Å². The lowest BCUT2D eigenvalue weighted by molar-refractivity contribution is 0.206. The molecule has 3 heteroatoms. The Labute approximate surface area is 75.9 Å². The van der Waals surface area contributed by atoms with Gasteiger partial charge in [-0.25, -0.2) is 4.39 Å². The van der Waals surface area contributed by atoms with Crippen molar-refractivity contribution in [1.29, 1.82) is 0 Å². The van der Waals surface area contributed by atoms with Crippen molar-refractivity contribution >= 4 is 0 Å². The number of fused-ring (bicyclic) bond motifs is 3. The van der Waals surface area contributed by atoms with Crippen LogP contribution in [0.3, 0.4) is 0 Å². The van der Waals surface area contributed by atoms with Crippen LogP contribution in [0.4, 0.5) is 4.39 Å². The summed E-state index contributed by atoms with van der Waals surface area (Å²) in [7, 11) is 2.02. The highest BCUT2D eigenvalue weighted by Gasteiger charge is 2.47. The van der Waals surface area contributed by atoms with Crippen molar-refractivity contribution in [3.05, 3.63) is 35.1 Å². The predicted octanol–water partition coefficient (Wildman–Crippen LogP) is 1.67. The first kappa shape index (κ1) is 7.47. The summed E-state index contributed by atoms with van der Waals surface area (Å²) in [6.45, 7) is 0.858. The standard InChI is InChI=1S/C10H10FNO/c1-12-5-6-2-3-7(11)4-8(6)9-10(12)13-9/h2-4,9-10H,5H2,1H3. The minimum absolute atomic E-state index is 0.115. The van der Waals surface area contributed by atoms with Crippen LogP contribution in [0.5, 0.6) is 0 Å². The molecule has 13 heavy (non-hydrogen) atoms. The Kier molecular flexibility index (Phi) is 1.32. The molecule has 0 radical (unpaired) electrons. The summed E-state index contributed by atoms with van der Waals surface area (Å²) < 4.78 is 18.3. The molecule has 0 aliphatic carbocycles. The second-order valence-electron chi connectivity index (χ2n) is 3.71. The molecule has 1 fully saturated rings. The summed E-state index contributed by atoms with van der Waals surface area (Å²) in [6.07, 6.45) is 0.304. The molecule has 2 nitrogen and oxygen atoms in total. The normalized spacial score (nSPS) is 30.9. The van der Waals surface area contributed by atoms with E-state index in [4.69, 9.17) is 4.74 Å². The maximum Gasteiger partial charge on any atom is 0.142 e. The lowest BCUT2D eigenvalue weighted by Crippen LogP contribution is -2.26. The lowest BCUT2D eigenvalue weighted by Gasteiger charge is -2.20. The SMILES string of the molecule is CN1Cc2ccc(F)cc2C2OC21. The molecule has 0 N–H and O–H groups in total. The van der Waals surface area contributed by atoms with E-state index in [-0.39, 0.29) is 18.1 Å². The number of hydrogen-bond acceptors (Lipinski definition) is 2. The number of likely N-dealkylation sites (N-methyl/N-ethyl adjacent to an activating group) is 1. The molecule has 0 bridgehead atoms. The highest BCUT2D eigenvalue weighted by molar-refractivity contribution is 5.35. The van der Waals surface area contributed by atoms with E-state index in [0.29, 0.717) is 0 Å². The Morgan fingerprint density at radius 1 is 1.54 bits per heavy atom. The summed E-state index contributed by atoms with van der Waals surface area (Å²) >= 11 is 0. The first-order valence-electron chi connectivity index (χ1n) is 4.40. The van der Waals surface area contributed by atoms with E-state index in [2.05, 4.69) is 4.90 Å². The third kappa shape index (κ3) is 1.01. The number of halogens is 1. The van der Waals surface area contributed by atoms with Gasteiger partial charge in [-0.2, -0.15) is 0 Å². The van der Waals surface area contributed by atoms with E-state index in [1.165, 1.54) is 11.6 Å². The van der Waals surface area contributed by atoms with E-state index in [0.717, 1.165) is 12.1 Å². The molecule has 68 valence electrons. The van der Waals surface area contributed by atoms with Gasteiger partial charge in [0, 0.05) is 6.54 Å². The molecule has 0 aromatic heterocycles. The molecule has 2 unspecified atom stereocenters. The lowest BCUT2D eigenvalue weighted by atomic mass is 10.00. The van der Waals surface area contributed by atoms with Crippen LogP contribution >= 0.6 is 0 Å². The largest absolute Gasteiger partial charge is 0.348 e. The molecule has 1 saturated heterocycles. The monoisotopic (exact) mass is 179 g/mol. The number of nitrogens with zero attached hydrogens (tertiary/aromatic N) is 1. The van der Waals surface area contributed by atoms with Gasteiger partial charge >= 0.3 is 0 Å². The number of epoxide rings is 1.